The number of benzene rings is 8. The largest absolute Gasteiger partial charge is 0.260 e. The van der Waals surface area contributed by atoms with Gasteiger partial charge in [-0.1, -0.05) is 172 Å². The lowest BCUT2D eigenvalue weighted by Gasteiger charge is -2.22. The van der Waals surface area contributed by atoms with Crippen molar-refractivity contribution in [1.29, 1.82) is 0 Å². The molecule has 0 spiro atoms. The molecule has 4 heteroatoms. The van der Waals surface area contributed by atoms with Gasteiger partial charge >= 0.3 is 0 Å². The molecule has 0 aliphatic heterocycles. The van der Waals surface area contributed by atoms with Gasteiger partial charge in [0, 0.05) is 28.0 Å². The molecule has 2 aliphatic carbocycles. The summed E-state index contributed by atoms with van der Waals surface area (Å²) in [6.07, 6.45) is 3.65. The van der Waals surface area contributed by atoms with Gasteiger partial charge in [0.2, 0.25) is 0 Å². The summed E-state index contributed by atoms with van der Waals surface area (Å²) in [5, 5.41) is 2.52. The summed E-state index contributed by atoms with van der Waals surface area (Å²) in [4.78, 5) is 20.0. The average Bonchev–Trinajstić information content (AvgIpc) is 3.79. The van der Waals surface area contributed by atoms with Crippen LogP contribution < -0.4 is 0 Å². The molecule has 2 aliphatic rings. The Morgan fingerprint density at radius 3 is 1.89 bits per heavy atom. The zero-order valence-electron chi connectivity index (χ0n) is 34.4. The van der Waals surface area contributed by atoms with Gasteiger partial charge in [-0.2, -0.15) is 0 Å². The second-order valence-electron chi connectivity index (χ2n) is 17.0. The number of nitrogens with zero attached hydrogens (tertiary/aromatic N) is 4. The van der Waals surface area contributed by atoms with E-state index in [-0.39, 0.29) is 11.3 Å². The Morgan fingerprint density at radius 1 is 0.371 bits per heavy atom. The van der Waals surface area contributed by atoms with Gasteiger partial charge in [-0.15, -0.1) is 0 Å². The normalized spacial score (nSPS) is 14.3. The molecule has 0 N–H and O–H groups in total. The predicted molar refractivity (Wildman–Crippen MR) is 253 cm³/mol. The summed E-state index contributed by atoms with van der Waals surface area (Å²) in [5.41, 5.74) is 20.3. The van der Waals surface area contributed by atoms with E-state index in [4.69, 9.17) is 19.9 Å². The second kappa shape index (κ2) is 14.1. The molecular weight excluding hydrogens is 753 g/mol. The first-order chi connectivity index (χ1) is 30.5. The first-order valence-corrected chi connectivity index (χ1v) is 21.3. The van der Waals surface area contributed by atoms with E-state index in [1.165, 1.54) is 72.0 Å². The molecule has 8 aromatic carbocycles. The van der Waals surface area contributed by atoms with Crippen LogP contribution in [0.4, 0.5) is 0 Å². The van der Waals surface area contributed by atoms with Crippen LogP contribution in [0.25, 0.3) is 89.4 Å². The third-order valence-corrected chi connectivity index (χ3v) is 13.1. The van der Waals surface area contributed by atoms with E-state index in [9.17, 15) is 0 Å². The molecule has 0 saturated carbocycles. The Bertz CT molecular complexity index is 3330. The maximum absolute atomic E-state index is 5.22. The number of hydrogen-bond acceptors (Lipinski definition) is 4. The predicted octanol–water partition coefficient (Wildman–Crippen LogP) is 14.2. The van der Waals surface area contributed by atoms with Crippen LogP contribution in [0, 0.1) is 0 Å². The van der Waals surface area contributed by atoms with Crippen molar-refractivity contribution >= 4 is 10.8 Å². The first-order valence-electron chi connectivity index (χ1n) is 21.3. The molecule has 62 heavy (non-hydrogen) atoms. The summed E-state index contributed by atoms with van der Waals surface area (Å²) >= 11 is 0. The van der Waals surface area contributed by atoms with E-state index in [0.717, 1.165) is 33.8 Å². The highest BCUT2D eigenvalue weighted by Crippen LogP contribution is 2.52. The van der Waals surface area contributed by atoms with Gasteiger partial charge in [0.15, 0.2) is 5.82 Å². The molecule has 0 fully saturated rings. The smallest absolute Gasteiger partial charge is 0.160 e. The van der Waals surface area contributed by atoms with Crippen LogP contribution in [0.1, 0.15) is 47.6 Å². The average molecular weight is 793 g/mol. The molecule has 0 bridgehead atoms. The molecular formula is C58H40N4. The van der Waals surface area contributed by atoms with Crippen molar-refractivity contribution < 1.29 is 0 Å². The number of aromatic nitrogens is 4. The van der Waals surface area contributed by atoms with Crippen LogP contribution >= 0.6 is 0 Å². The Labute approximate surface area is 361 Å². The van der Waals surface area contributed by atoms with E-state index in [2.05, 4.69) is 147 Å². The van der Waals surface area contributed by atoms with Crippen molar-refractivity contribution in [1.82, 2.24) is 19.9 Å². The Kier molecular flexibility index (Phi) is 8.23. The zero-order chi connectivity index (χ0) is 41.4. The number of fused-ring (bicyclic) bond motifs is 7. The van der Waals surface area contributed by atoms with Gasteiger partial charge in [0.05, 0.1) is 29.5 Å². The first kappa shape index (κ1) is 36.1. The molecule has 2 heterocycles. The van der Waals surface area contributed by atoms with E-state index in [0.29, 0.717) is 11.5 Å². The highest BCUT2D eigenvalue weighted by molar-refractivity contribution is 5.95. The van der Waals surface area contributed by atoms with Crippen molar-refractivity contribution in [2.24, 2.45) is 0 Å². The van der Waals surface area contributed by atoms with Crippen LogP contribution in [0.2, 0.25) is 0 Å². The van der Waals surface area contributed by atoms with E-state index >= 15 is 0 Å². The molecule has 10 aromatic rings. The third kappa shape index (κ3) is 5.83. The Hall–Kier alpha value is -7.82. The Balaban J connectivity index is 0.962. The summed E-state index contributed by atoms with van der Waals surface area (Å²) in [7, 11) is 0. The zero-order valence-corrected chi connectivity index (χ0v) is 34.4. The van der Waals surface area contributed by atoms with Gasteiger partial charge < -0.3 is 0 Å². The highest BCUT2D eigenvalue weighted by Gasteiger charge is 2.36. The monoisotopic (exact) mass is 792 g/mol. The maximum atomic E-state index is 5.22. The lowest BCUT2D eigenvalue weighted by molar-refractivity contribution is 0.660. The molecule has 1 unspecified atom stereocenters. The Morgan fingerprint density at radius 2 is 1.03 bits per heavy atom. The van der Waals surface area contributed by atoms with Crippen molar-refractivity contribution in [3.63, 3.8) is 0 Å². The SMILES string of the molecule is CC1(C)c2ccccc2-c2ccc(-c3cc(C4c5ccccc5-c5cc(-c6cncc(-c7cc(-c8ccccc8)nc(-c8ccccc8)n7)n6)ccc54)c4ccccc4c3)cc21. The summed E-state index contributed by atoms with van der Waals surface area (Å²) in [5.74, 6) is 0.706. The van der Waals surface area contributed by atoms with Gasteiger partial charge in [-0.3, -0.25) is 4.98 Å². The molecule has 4 nitrogen and oxygen atoms in total. The molecule has 0 saturated heterocycles. The second-order valence-corrected chi connectivity index (χ2v) is 17.0. The number of hydrogen-bond donors (Lipinski definition) is 0. The van der Waals surface area contributed by atoms with Crippen molar-refractivity contribution in [3.05, 3.63) is 228 Å². The quantitative estimate of drug-likeness (QED) is 0.168. The molecule has 292 valence electrons. The van der Waals surface area contributed by atoms with E-state index in [1.807, 2.05) is 60.8 Å². The molecule has 0 amide bonds. The van der Waals surface area contributed by atoms with Crippen LogP contribution in [-0.2, 0) is 5.41 Å². The maximum Gasteiger partial charge on any atom is 0.160 e. The fourth-order valence-electron chi connectivity index (χ4n) is 10.0. The van der Waals surface area contributed by atoms with Crippen LogP contribution in [0.15, 0.2) is 200 Å². The van der Waals surface area contributed by atoms with Crippen molar-refractivity contribution in [2.75, 3.05) is 0 Å². The summed E-state index contributed by atoms with van der Waals surface area (Å²) in [6.45, 7) is 4.71. The van der Waals surface area contributed by atoms with Gasteiger partial charge in [-0.25, -0.2) is 15.0 Å². The molecule has 0 radical (unpaired) electrons. The van der Waals surface area contributed by atoms with Gasteiger partial charge in [0.1, 0.15) is 5.69 Å². The molecule has 12 rings (SSSR count). The minimum absolute atomic E-state index is 0.0569. The van der Waals surface area contributed by atoms with Crippen molar-refractivity contribution in [2.45, 2.75) is 25.2 Å². The molecule has 2 aromatic heterocycles. The third-order valence-electron chi connectivity index (χ3n) is 13.1. The van der Waals surface area contributed by atoms with Gasteiger partial charge in [0.25, 0.3) is 0 Å². The van der Waals surface area contributed by atoms with Crippen LogP contribution in [0.3, 0.4) is 0 Å². The minimum Gasteiger partial charge on any atom is -0.260 e. The van der Waals surface area contributed by atoms with E-state index < -0.39 is 0 Å². The van der Waals surface area contributed by atoms with Crippen LogP contribution in [0.5, 0.6) is 0 Å². The van der Waals surface area contributed by atoms with Gasteiger partial charge in [-0.05, 0) is 102 Å². The lowest BCUT2D eigenvalue weighted by Crippen LogP contribution is -2.14. The molecule has 1 atom stereocenters. The number of rotatable bonds is 6. The minimum atomic E-state index is -0.0719. The van der Waals surface area contributed by atoms with E-state index in [1.54, 1.807) is 6.20 Å². The summed E-state index contributed by atoms with van der Waals surface area (Å²) < 4.78 is 0. The van der Waals surface area contributed by atoms with Crippen molar-refractivity contribution in [3.8, 4) is 78.7 Å². The standard InChI is InChI=1S/C58H40N4/c1-58(2)50-24-14-13-22-44(50)45-27-25-38(32-51(45)58)41-29-39-19-9-10-20-42(39)49(31-41)56-46-23-12-11-21-43(46)48-30-40(26-28-47(48)56)54-34-59-35-55(60-54)53-33-52(36-15-5-3-6-16-36)61-57(62-53)37-17-7-4-8-18-37/h3-35,56H,1-2H3. The summed E-state index contributed by atoms with van der Waals surface area (Å²) in [6, 6.07) is 67.7. The topological polar surface area (TPSA) is 51.6 Å². The lowest BCUT2D eigenvalue weighted by atomic mass is 9.81. The van der Waals surface area contributed by atoms with Crippen LogP contribution in [-0.4, -0.2) is 19.9 Å². The fourth-order valence-corrected chi connectivity index (χ4v) is 10.0. The highest BCUT2D eigenvalue weighted by atomic mass is 14.9. The fraction of sp³-hybridized carbons (Fsp3) is 0.0690.